The molecule has 6 nitrogen and oxygen atoms in total. The Hall–Kier alpha value is -1.72. The normalized spacial score (nSPS) is 10.0. The van der Waals surface area contributed by atoms with Crippen LogP contribution in [0.3, 0.4) is 0 Å². The van der Waals surface area contributed by atoms with Gasteiger partial charge in [0.25, 0.3) is 0 Å². The fourth-order valence-electron chi connectivity index (χ4n) is 0.554. The Morgan fingerprint density at radius 1 is 1.10 bits per heavy atom. The lowest BCUT2D eigenvalue weighted by molar-refractivity contribution is 0.782. The van der Waals surface area contributed by atoms with Crippen LogP contribution in [0.15, 0.2) is 6.20 Å². The highest BCUT2D eigenvalue weighted by Gasteiger charge is 1.94. The summed E-state index contributed by atoms with van der Waals surface area (Å²) in [6, 6.07) is 2.70. The number of nitrogens with zero attached hydrogens (tertiary/aromatic N) is 6. The van der Waals surface area contributed by atoms with E-state index in [1.165, 1.54) is 6.20 Å². The predicted octanol–water partition coefficient (Wildman–Crippen LogP) is -0.990. The number of aromatic nitrogens is 6. The molecule has 2 aromatic rings. The van der Waals surface area contributed by atoms with Crippen molar-refractivity contribution < 1.29 is 0 Å². The number of hydrogen-bond acceptors (Lipinski definition) is 6. The molecule has 0 unspecified atom stereocenters. The molecule has 0 spiro atoms. The van der Waals surface area contributed by atoms with Gasteiger partial charge in [-0.05, 0) is 10.4 Å². The van der Waals surface area contributed by atoms with Gasteiger partial charge in [-0.2, -0.15) is 5.10 Å². The van der Waals surface area contributed by atoms with Gasteiger partial charge in [-0.3, -0.25) is 0 Å². The first-order valence-electron chi connectivity index (χ1n) is 2.52. The van der Waals surface area contributed by atoms with Crippen LogP contribution in [0.4, 0.5) is 0 Å². The molecule has 0 fully saturated rings. The van der Waals surface area contributed by atoms with Crippen molar-refractivity contribution in [1.82, 2.24) is 30.8 Å². The number of rotatable bonds is 0. The van der Waals surface area contributed by atoms with Crippen LogP contribution in [-0.4, -0.2) is 30.8 Å². The average Bonchev–Trinajstić information content (AvgIpc) is 2.05. The van der Waals surface area contributed by atoms with Crippen LogP contribution in [0.2, 0.25) is 0 Å². The van der Waals surface area contributed by atoms with E-state index in [9.17, 15) is 0 Å². The van der Waals surface area contributed by atoms with Crippen LogP contribution in [0, 0.1) is 6.07 Å². The quantitative estimate of drug-likeness (QED) is 0.459. The van der Waals surface area contributed by atoms with E-state index in [1.54, 1.807) is 0 Å². The maximum absolute atomic E-state index is 3.62. The second kappa shape index (κ2) is 1.90. The van der Waals surface area contributed by atoms with Crippen molar-refractivity contribution in [2.75, 3.05) is 0 Å². The van der Waals surface area contributed by atoms with E-state index < -0.39 is 0 Å². The summed E-state index contributed by atoms with van der Waals surface area (Å²) in [5.74, 6) is 0. The molecule has 0 amide bonds. The average molecular weight is 133 g/mol. The molecule has 0 N–H and O–H groups in total. The predicted molar refractivity (Wildman–Crippen MR) is 29.6 cm³/mol. The monoisotopic (exact) mass is 133 g/mol. The molecular formula is C4HN6. The smallest absolute Gasteiger partial charge is 0.156 e. The third-order valence-electron chi connectivity index (χ3n) is 0.947. The lowest BCUT2D eigenvalue weighted by Crippen LogP contribution is -1.95. The summed E-state index contributed by atoms with van der Waals surface area (Å²) in [7, 11) is 0. The van der Waals surface area contributed by atoms with Gasteiger partial charge in [0.05, 0.1) is 6.20 Å². The molecular weight excluding hydrogens is 132 g/mol. The molecule has 0 aliphatic carbocycles. The highest BCUT2D eigenvalue weighted by Crippen LogP contribution is 1.94. The Morgan fingerprint density at radius 2 is 2.00 bits per heavy atom. The van der Waals surface area contributed by atoms with Gasteiger partial charge in [0.1, 0.15) is 5.52 Å². The summed E-state index contributed by atoms with van der Waals surface area (Å²) in [6.07, 6.45) is 1.40. The molecule has 2 heterocycles. The molecule has 1 radical (unpaired) electrons. The van der Waals surface area contributed by atoms with Crippen LogP contribution < -0.4 is 0 Å². The zero-order valence-corrected chi connectivity index (χ0v) is 4.76. The first-order chi connectivity index (χ1) is 4.97. The van der Waals surface area contributed by atoms with Crippen LogP contribution in [0.25, 0.3) is 11.2 Å². The van der Waals surface area contributed by atoms with Crippen molar-refractivity contribution in [1.29, 1.82) is 0 Å². The molecule has 47 valence electrons. The SMILES string of the molecule is [c]1cnnc2nnnnc12. The number of hydrogen-bond donors (Lipinski definition) is 0. The molecule has 0 aliphatic heterocycles. The highest BCUT2D eigenvalue weighted by atomic mass is 15.4. The van der Waals surface area contributed by atoms with Gasteiger partial charge in [0.15, 0.2) is 0 Å². The van der Waals surface area contributed by atoms with E-state index in [0.29, 0.717) is 11.2 Å². The fourth-order valence-corrected chi connectivity index (χ4v) is 0.554. The molecule has 0 saturated heterocycles. The Bertz CT molecular complexity index is 281. The second-order valence-electron chi connectivity index (χ2n) is 1.54. The summed E-state index contributed by atoms with van der Waals surface area (Å²) in [4.78, 5) is 0. The van der Waals surface area contributed by atoms with Crippen LogP contribution in [-0.2, 0) is 0 Å². The summed E-state index contributed by atoms with van der Waals surface area (Å²) in [5.41, 5.74) is 0.836. The van der Waals surface area contributed by atoms with Crippen molar-refractivity contribution in [3.63, 3.8) is 0 Å². The lowest BCUT2D eigenvalue weighted by atomic mass is 10.5. The maximum Gasteiger partial charge on any atom is 0.226 e. The van der Waals surface area contributed by atoms with E-state index in [0.717, 1.165) is 0 Å². The first-order valence-corrected chi connectivity index (χ1v) is 2.52. The van der Waals surface area contributed by atoms with Crippen molar-refractivity contribution in [3.05, 3.63) is 12.3 Å². The van der Waals surface area contributed by atoms with Crippen LogP contribution in [0.1, 0.15) is 0 Å². The van der Waals surface area contributed by atoms with Crippen LogP contribution >= 0.6 is 0 Å². The summed E-state index contributed by atoms with van der Waals surface area (Å²) < 4.78 is 0. The van der Waals surface area contributed by atoms with Gasteiger partial charge in [-0.25, -0.2) is 0 Å². The van der Waals surface area contributed by atoms with Crippen molar-refractivity contribution >= 4 is 11.2 Å². The minimum absolute atomic E-state index is 0.359. The van der Waals surface area contributed by atoms with E-state index in [1.807, 2.05) is 0 Å². The van der Waals surface area contributed by atoms with Gasteiger partial charge in [0.2, 0.25) is 5.65 Å². The molecule has 6 heteroatoms. The Morgan fingerprint density at radius 3 is 2.90 bits per heavy atom. The molecule has 10 heavy (non-hydrogen) atoms. The maximum atomic E-state index is 3.62. The van der Waals surface area contributed by atoms with Crippen molar-refractivity contribution in [3.8, 4) is 0 Å². The zero-order valence-electron chi connectivity index (χ0n) is 4.76. The van der Waals surface area contributed by atoms with Crippen molar-refractivity contribution in [2.45, 2.75) is 0 Å². The highest BCUT2D eigenvalue weighted by molar-refractivity contribution is 5.65. The Labute approximate surface area is 55.3 Å². The standard InChI is InChI=1S/C4HN6/c1-2-5-7-4-3(1)6-9-10-8-4/h2H. The molecule has 0 aromatic carbocycles. The van der Waals surface area contributed by atoms with Gasteiger partial charge >= 0.3 is 0 Å². The topological polar surface area (TPSA) is 77.3 Å². The van der Waals surface area contributed by atoms with Gasteiger partial charge in [-0.1, -0.05) is 0 Å². The van der Waals surface area contributed by atoms with Gasteiger partial charge in [0, 0.05) is 6.07 Å². The van der Waals surface area contributed by atoms with E-state index in [4.69, 9.17) is 0 Å². The van der Waals surface area contributed by atoms with Crippen LogP contribution in [0.5, 0.6) is 0 Å². The Kier molecular flexibility index (Phi) is 0.970. The zero-order chi connectivity index (χ0) is 6.81. The van der Waals surface area contributed by atoms with Gasteiger partial charge in [-0.15, -0.1) is 15.3 Å². The van der Waals surface area contributed by atoms with E-state index in [-0.39, 0.29) is 0 Å². The van der Waals surface area contributed by atoms with E-state index >= 15 is 0 Å². The minimum Gasteiger partial charge on any atom is -0.156 e. The third-order valence-corrected chi connectivity index (χ3v) is 0.947. The summed E-state index contributed by atoms with van der Waals surface area (Å²) in [5, 5.41) is 20.9. The number of fused-ring (bicyclic) bond motifs is 1. The van der Waals surface area contributed by atoms with Crippen molar-refractivity contribution in [2.24, 2.45) is 0 Å². The summed E-state index contributed by atoms with van der Waals surface area (Å²) >= 11 is 0. The van der Waals surface area contributed by atoms with Gasteiger partial charge < -0.3 is 0 Å². The third kappa shape index (κ3) is 0.661. The molecule has 0 bridgehead atoms. The largest absolute Gasteiger partial charge is 0.226 e. The second-order valence-corrected chi connectivity index (χ2v) is 1.54. The summed E-state index contributed by atoms with van der Waals surface area (Å²) in [6.45, 7) is 0. The molecule has 2 rings (SSSR count). The Balaban J connectivity index is 2.89. The molecule has 0 aliphatic rings. The lowest BCUT2D eigenvalue weighted by Gasteiger charge is -1.85. The molecule has 2 aromatic heterocycles. The molecule has 0 atom stereocenters. The molecule has 0 saturated carbocycles. The van der Waals surface area contributed by atoms with E-state index in [2.05, 4.69) is 36.9 Å². The fraction of sp³-hybridized carbons (Fsp3) is 0. The first kappa shape index (κ1) is 5.10. The minimum atomic E-state index is 0.359.